The van der Waals surface area contributed by atoms with Crippen LogP contribution in [0.15, 0.2) is 72.1 Å². The van der Waals surface area contributed by atoms with Crippen molar-refractivity contribution in [3.8, 4) is 17.2 Å². The Bertz CT molecular complexity index is 1080. The lowest BCUT2D eigenvalue weighted by molar-refractivity contribution is -0.123. The minimum Gasteiger partial charge on any atom is -0.493 e. The van der Waals surface area contributed by atoms with Crippen molar-refractivity contribution in [2.75, 3.05) is 13.7 Å². The van der Waals surface area contributed by atoms with Crippen LogP contribution in [0.25, 0.3) is 0 Å². The fourth-order valence-corrected chi connectivity index (χ4v) is 2.56. The number of amides is 1. The largest absolute Gasteiger partial charge is 0.493 e. The lowest BCUT2D eigenvalue weighted by atomic mass is 10.2. The van der Waals surface area contributed by atoms with Crippen LogP contribution in [0.2, 0.25) is 0 Å². The number of carbonyl (C=O) groups is 2. The van der Waals surface area contributed by atoms with Crippen LogP contribution < -0.4 is 19.6 Å². The number of nitrogens with zero attached hydrogens (tertiary/aromatic N) is 2. The van der Waals surface area contributed by atoms with Crippen molar-refractivity contribution in [2.45, 2.75) is 6.92 Å². The molecule has 1 N–H and O–H groups in total. The Kier molecular flexibility index (Phi) is 7.31. The summed E-state index contributed by atoms with van der Waals surface area (Å²) < 4.78 is 16.1. The number of hydrogen-bond acceptors (Lipinski definition) is 7. The molecule has 158 valence electrons. The van der Waals surface area contributed by atoms with Crippen molar-refractivity contribution >= 4 is 18.1 Å². The molecule has 31 heavy (non-hydrogen) atoms. The average Bonchev–Trinajstić information content (AvgIpc) is 2.79. The van der Waals surface area contributed by atoms with Gasteiger partial charge in [0.1, 0.15) is 5.75 Å². The van der Waals surface area contributed by atoms with E-state index in [2.05, 4.69) is 15.5 Å². The van der Waals surface area contributed by atoms with Gasteiger partial charge in [0.25, 0.3) is 5.91 Å². The van der Waals surface area contributed by atoms with Crippen molar-refractivity contribution < 1.29 is 23.8 Å². The fraction of sp³-hybridized carbons (Fsp3) is 0.130. The molecule has 0 spiro atoms. The summed E-state index contributed by atoms with van der Waals surface area (Å²) in [6.07, 6.45) is 4.43. The molecule has 1 aromatic heterocycles. The van der Waals surface area contributed by atoms with Gasteiger partial charge in [0.05, 0.1) is 18.9 Å². The van der Waals surface area contributed by atoms with Crippen LogP contribution in [0.4, 0.5) is 0 Å². The van der Waals surface area contributed by atoms with Gasteiger partial charge in [0.2, 0.25) is 0 Å². The monoisotopic (exact) mass is 419 g/mol. The topological polar surface area (TPSA) is 99.1 Å². The molecular formula is C23H21N3O5. The number of rotatable bonds is 8. The molecule has 0 saturated heterocycles. The molecule has 1 heterocycles. The normalized spacial score (nSPS) is 10.5. The fourth-order valence-electron chi connectivity index (χ4n) is 2.56. The first kappa shape index (κ1) is 21.5. The molecule has 0 atom stereocenters. The third-order valence-electron chi connectivity index (χ3n) is 4.05. The third kappa shape index (κ3) is 6.40. The molecule has 0 aliphatic rings. The number of aromatic nitrogens is 1. The minimum absolute atomic E-state index is 0.159. The van der Waals surface area contributed by atoms with Crippen LogP contribution in [0.1, 0.15) is 21.5 Å². The molecule has 8 nitrogen and oxygen atoms in total. The summed E-state index contributed by atoms with van der Waals surface area (Å²) in [5.74, 6) is 0.264. The van der Waals surface area contributed by atoms with Crippen molar-refractivity contribution in [3.63, 3.8) is 0 Å². The minimum atomic E-state index is -0.548. The zero-order chi connectivity index (χ0) is 22.1. The van der Waals surface area contributed by atoms with Crippen LogP contribution in [0.5, 0.6) is 17.2 Å². The van der Waals surface area contributed by atoms with E-state index >= 15 is 0 Å². The number of hydrogen-bond donors (Lipinski definition) is 1. The second kappa shape index (κ2) is 10.5. The molecular weight excluding hydrogens is 398 g/mol. The summed E-state index contributed by atoms with van der Waals surface area (Å²) in [6, 6.07) is 15.5. The van der Waals surface area contributed by atoms with Gasteiger partial charge in [-0.15, -0.1) is 0 Å². The number of nitrogens with one attached hydrogen (secondary N) is 1. The molecule has 8 heteroatoms. The Hall–Kier alpha value is -4.20. The smallest absolute Gasteiger partial charge is 0.345 e. The van der Waals surface area contributed by atoms with Crippen LogP contribution in [0.3, 0.4) is 0 Å². The predicted molar refractivity (Wildman–Crippen MR) is 115 cm³/mol. The number of methoxy groups -OCH3 is 1. The van der Waals surface area contributed by atoms with E-state index in [9.17, 15) is 9.59 Å². The Morgan fingerprint density at radius 2 is 1.97 bits per heavy atom. The zero-order valence-corrected chi connectivity index (χ0v) is 17.1. The second-order valence-corrected chi connectivity index (χ2v) is 6.44. The Balaban J connectivity index is 1.55. The molecule has 0 unspecified atom stereocenters. The highest BCUT2D eigenvalue weighted by atomic mass is 16.6. The van der Waals surface area contributed by atoms with E-state index < -0.39 is 11.9 Å². The molecule has 1 amide bonds. The maximum Gasteiger partial charge on any atom is 0.345 e. The molecule has 0 bridgehead atoms. The van der Waals surface area contributed by atoms with Crippen molar-refractivity contribution in [1.29, 1.82) is 0 Å². The van der Waals surface area contributed by atoms with Gasteiger partial charge in [-0.2, -0.15) is 5.10 Å². The summed E-state index contributed by atoms with van der Waals surface area (Å²) in [4.78, 5) is 28.0. The number of benzene rings is 2. The quantitative estimate of drug-likeness (QED) is 0.261. The molecule has 3 aromatic rings. The van der Waals surface area contributed by atoms with E-state index in [0.717, 1.165) is 5.56 Å². The van der Waals surface area contributed by atoms with Gasteiger partial charge in [-0.25, -0.2) is 10.2 Å². The van der Waals surface area contributed by atoms with E-state index in [0.29, 0.717) is 22.6 Å². The number of aryl methyl sites for hydroxylation is 1. The maximum atomic E-state index is 12.2. The lowest BCUT2D eigenvalue weighted by Crippen LogP contribution is -2.24. The number of pyridine rings is 1. The van der Waals surface area contributed by atoms with Crippen molar-refractivity contribution in [3.05, 3.63) is 83.7 Å². The van der Waals surface area contributed by atoms with E-state index in [1.807, 2.05) is 25.1 Å². The summed E-state index contributed by atoms with van der Waals surface area (Å²) in [5, 5.41) is 3.91. The number of ether oxygens (including phenoxy) is 3. The van der Waals surface area contributed by atoms with Gasteiger partial charge in [0.15, 0.2) is 18.1 Å². The van der Waals surface area contributed by atoms with Crippen LogP contribution in [-0.2, 0) is 4.79 Å². The highest BCUT2D eigenvalue weighted by Gasteiger charge is 2.12. The first-order valence-electron chi connectivity index (χ1n) is 9.37. The standard InChI is InChI=1S/C23H21N3O5/c1-16-5-3-7-19(11-16)30-15-22(27)26-25-13-17-8-9-20(21(12-17)29-2)31-23(28)18-6-4-10-24-14-18/h3-14H,15H2,1-2H3,(H,26,27)/b25-13-. The Labute approximate surface area is 179 Å². The summed E-state index contributed by atoms with van der Waals surface area (Å²) in [5.41, 5.74) is 4.40. The van der Waals surface area contributed by atoms with Gasteiger partial charge >= 0.3 is 5.97 Å². The van der Waals surface area contributed by atoms with Gasteiger partial charge in [-0.1, -0.05) is 12.1 Å². The summed E-state index contributed by atoms with van der Waals surface area (Å²) in [6.45, 7) is 1.78. The molecule has 3 rings (SSSR count). The Morgan fingerprint density at radius 1 is 1.10 bits per heavy atom. The highest BCUT2D eigenvalue weighted by molar-refractivity contribution is 5.91. The molecule has 2 aromatic carbocycles. The molecule has 0 radical (unpaired) electrons. The maximum absolute atomic E-state index is 12.2. The van der Waals surface area contributed by atoms with Gasteiger partial charge < -0.3 is 14.2 Å². The lowest BCUT2D eigenvalue weighted by Gasteiger charge is -2.09. The van der Waals surface area contributed by atoms with Crippen molar-refractivity contribution in [1.82, 2.24) is 10.4 Å². The van der Waals surface area contributed by atoms with E-state index in [1.54, 1.807) is 42.6 Å². The first-order valence-corrected chi connectivity index (χ1v) is 9.37. The van der Waals surface area contributed by atoms with E-state index in [1.165, 1.54) is 19.5 Å². The first-order chi connectivity index (χ1) is 15.0. The van der Waals surface area contributed by atoms with Gasteiger partial charge in [-0.3, -0.25) is 9.78 Å². The summed E-state index contributed by atoms with van der Waals surface area (Å²) in [7, 11) is 1.46. The molecule has 0 saturated carbocycles. The predicted octanol–water partition coefficient (Wildman–Crippen LogP) is 3.15. The van der Waals surface area contributed by atoms with Crippen LogP contribution >= 0.6 is 0 Å². The summed E-state index contributed by atoms with van der Waals surface area (Å²) >= 11 is 0. The van der Waals surface area contributed by atoms with E-state index in [4.69, 9.17) is 14.2 Å². The van der Waals surface area contributed by atoms with Crippen LogP contribution in [0, 0.1) is 6.92 Å². The molecule has 0 aliphatic carbocycles. The SMILES string of the molecule is COc1cc(/C=N\NC(=O)COc2cccc(C)c2)ccc1OC(=O)c1cccnc1. The van der Waals surface area contributed by atoms with Crippen LogP contribution in [-0.4, -0.2) is 36.8 Å². The highest BCUT2D eigenvalue weighted by Crippen LogP contribution is 2.28. The molecule has 0 fully saturated rings. The zero-order valence-electron chi connectivity index (χ0n) is 17.1. The number of esters is 1. The Morgan fingerprint density at radius 3 is 2.71 bits per heavy atom. The number of hydrazone groups is 1. The molecule has 0 aliphatic heterocycles. The second-order valence-electron chi connectivity index (χ2n) is 6.44. The van der Waals surface area contributed by atoms with Gasteiger partial charge in [-0.05, 0) is 60.5 Å². The van der Waals surface area contributed by atoms with Gasteiger partial charge in [0, 0.05) is 12.4 Å². The van der Waals surface area contributed by atoms with E-state index in [-0.39, 0.29) is 12.4 Å². The third-order valence-corrected chi connectivity index (χ3v) is 4.05. The van der Waals surface area contributed by atoms with Crippen molar-refractivity contribution in [2.24, 2.45) is 5.10 Å². The number of carbonyl (C=O) groups excluding carboxylic acids is 2. The average molecular weight is 419 g/mol.